The maximum absolute atomic E-state index is 4.36. The Labute approximate surface area is 84.4 Å². The molecule has 0 aliphatic carbocycles. The van der Waals surface area contributed by atoms with Gasteiger partial charge in [-0.1, -0.05) is 27.7 Å². The minimum atomic E-state index is 0.230. The van der Waals surface area contributed by atoms with Crippen LogP contribution in [0.25, 0.3) is 0 Å². The summed E-state index contributed by atoms with van der Waals surface area (Å²) in [7, 11) is 0. The third-order valence-electron chi connectivity index (χ3n) is 1.97. The molecule has 0 fully saturated rings. The molecule has 0 amide bonds. The minimum absolute atomic E-state index is 0.230. The van der Waals surface area contributed by atoms with E-state index in [-0.39, 0.29) is 5.41 Å². The van der Waals surface area contributed by atoms with E-state index in [0.717, 1.165) is 6.54 Å². The molecule has 2 nitrogen and oxygen atoms in total. The summed E-state index contributed by atoms with van der Waals surface area (Å²) in [5.74, 6) is 0. The van der Waals surface area contributed by atoms with Crippen molar-refractivity contribution in [2.24, 2.45) is 5.41 Å². The number of rotatable bonds is 3. The van der Waals surface area contributed by atoms with Gasteiger partial charge in [0, 0.05) is 11.6 Å². The van der Waals surface area contributed by atoms with Gasteiger partial charge in [-0.3, -0.25) is 0 Å². The lowest BCUT2D eigenvalue weighted by atomic mass is 9.87. The number of nitrogens with one attached hydrogen (secondary N) is 1. The van der Waals surface area contributed by atoms with E-state index in [2.05, 4.69) is 38.0 Å². The van der Waals surface area contributed by atoms with E-state index in [1.54, 1.807) is 11.3 Å². The highest BCUT2D eigenvalue weighted by Crippen LogP contribution is 2.33. The molecule has 0 aromatic carbocycles. The Hall–Kier alpha value is -0.410. The van der Waals surface area contributed by atoms with Gasteiger partial charge >= 0.3 is 0 Å². The van der Waals surface area contributed by atoms with Crippen LogP contribution < -0.4 is 5.32 Å². The zero-order valence-electron chi connectivity index (χ0n) is 8.79. The molecule has 1 heterocycles. The molecule has 1 atom stereocenters. The Bertz CT molecular complexity index is 236. The average Bonchev–Trinajstić information content (AvgIpc) is 2.49. The smallest absolute Gasteiger partial charge is 0.110 e. The first-order valence-corrected chi connectivity index (χ1v) is 5.56. The molecule has 0 bridgehead atoms. The zero-order valence-corrected chi connectivity index (χ0v) is 9.61. The van der Waals surface area contributed by atoms with Crippen molar-refractivity contribution in [3.8, 4) is 0 Å². The Morgan fingerprint density at radius 3 is 2.62 bits per heavy atom. The number of hydrogen-bond acceptors (Lipinski definition) is 3. The van der Waals surface area contributed by atoms with Crippen molar-refractivity contribution in [1.82, 2.24) is 10.3 Å². The van der Waals surface area contributed by atoms with Crippen molar-refractivity contribution in [1.29, 1.82) is 0 Å². The van der Waals surface area contributed by atoms with Crippen molar-refractivity contribution in [2.75, 3.05) is 6.54 Å². The molecule has 0 saturated carbocycles. The quantitative estimate of drug-likeness (QED) is 0.808. The first-order chi connectivity index (χ1) is 6.05. The van der Waals surface area contributed by atoms with Crippen molar-refractivity contribution in [2.45, 2.75) is 33.7 Å². The summed E-state index contributed by atoms with van der Waals surface area (Å²) in [6.45, 7) is 9.83. The van der Waals surface area contributed by atoms with E-state index >= 15 is 0 Å². The van der Waals surface area contributed by atoms with Crippen LogP contribution in [0.15, 0.2) is 11.6 Å². The standard InChI is InChI=1S/C10H18N2S/c1-5-11-8(10(2,3)4)9-12-6-7-13-9/h6-8,11H,5H2,1-4H3. The van der Waals surface area contributed by atoms with E-state index in [0.29, 0.717) is 6.04 Å². The van der Waals surface area contributed by atoms with Crippen LogP contribution in [0, 0.1) is 5.41 Å². The van der Waals surface area contributed by atoms with Crippen molar-refractivity contribution in [3.63, 3.8) is 0 Å². The highest BCUT2D eigenvalue weighted by molar-refractivity contribution is 7.09. The van der Waals surface area contributed by atoms with Gasteiger partial charge in [0.25, 0.3) is 0 Å². The van der Waals surface area contributed by atoms with E-state index in [1.807, 2.05) is 11.6 Å². The van der Waals surface area contributed by atoms with Gasteiger partial charge in [-0.25, -0.2) is 4.98 Å². The van der Waals surface area contributed by atoms with E-state index in [1.165, 1.54) is 5.01 Å². The maximum atomic E-state index is 4.36. The fourth-order valence-electron chi connectivity index (χ4n) is 1.35. The fourth-order valence-corrected chi connectivity index (χ4v) is 2.30. The summed E-state index contributed by atoms with van der Waals surface area (Å²) in [4.78, 5) is 4.36. The third kappa shape index (κ3) is 2.78. The summed E-state index contributed by atoms with van der Waals surface area (Å²) in [5.41, 5.74) is 0.230. The monoisotopic (exact) mass is 198 g/mol. The Kier molecular flexibility index (Phi) is 3.45. The summed E-state index contributed by atoms with van der Waals surface area (Å²) in [5, 5.41) is 6.70. The van der Waals surface area contributed by atoms with Crippen LogP contribution in [0.5, 0.6) is 0 Å². The highest BCUT2D eigenvalue weighted by Gasteiger charge is 2.26. The normalized spacial score (nSPS) is 14.5. The molecular weight excluding hydrogens is 180 g/mol. The molecule has 0 spiro atoms. The lowest BCUT2D eigenvalue weighted by molar-refractivity contribution is 0.276. The largest absolute Gasteiger partial charge is 0.308 e. The SMILES string of the molecule is CCNC(c1nccs1)C(C)(C)C. The number of thiazole rings is 1. The topological polar surface area (TPSA) is 24.9 Å². The average molecular weight is 198 g/mol. The van der Waals surface area contributed by atoms with Crippen LogP contribution in [-0.4, -0.2) is 11.5 Å². The molecule has 74 valence electrons. The highest BCUT2D eigenvalue weighted by atomic mass is 32.1. The van der Waals surface area contributed by atoms with Gasteiger partial charge in [-0.2, -0.15) is 0 Å². The van der Waals surface area contributed by atoms with Crippen LogP contribution in [0.1, 0.15) is 38.7 Å². The molecule has 13 heavy (non-hydrogen) atoms. The van der Waals surface area contributed by atoms with Gasteiger partial charge in [-0.15, -0.1) is 11.3 Å². The Morgan fingerprint density at radius 2 is 2.23 bits per heavy atom. The number of aromatic nitrogens is 1. The van der Waals surface area contributed by atoms with Gasteiger partial charge < -0.3 is 5.32 Å². The predicted molar refractivity (Wildman–Crippen MR) is 58.0 cm³/mol. The lowest BCUT2D eigenvalue weighted by Crippen LogP contribution is -2.32. The molecular formula is C10H18N2S. The molecule has 0 radical (unpaired) electrons. The minimum Gasteiger partial charge on any atom is -0.308 e. The first kappa shape index (κ1) is 10.7. The first-order valence-electron chi connectivity index (χ1n) is 4.68. The second-order valence-corrected chi connectivity index (χ2v) is 5.15. The molecule has 1 aromatic heterocycles. The Balaban J connectivity index is 2.81. The number of hydrogen-bond donors (Lipinski definition) is 1. The summed E-state index contributed by atoms with van der Waals surface area (Å²) in [6, 6.07) is 0.373. The second kappa shape index (κ2) is 4.20. The molecule has 0 aliphatic rings. The van der Waals surface area contributed by atoms with Crippen LogP contribution in [0.3, 0.4) is 0 Å². The van der Waals surface area contributed by atoms with E-state index in [9.17, 15) is 0 Å². The molecule has 1 aromatic rings. The van der Waals surface area contributed by atoms with Crippen molar-refractivity contribution >= 4 is 11.3 Å². The van der Waals surface area contributed by atoms with E-state index in [4.69, 9.17) is 0 Å². The predicted octanol–water partition coefficient (Wildman–Crippen LogP) is 2.84. The van der Waals surface area contributed by atoms with Gasteiger partial charge in [0.05, 0.1) is 6.04 Å². The molecule has 0 aliphatic heterocycles. The van der Waals surface area contributed by atoms with Crippen LogP contribution >= 0.6 is 11.3 Å². The fraction of sp³-hybridized carbons (Fsp3) is 0.700. The Morgan fingerprint density at radius 1 is 1.54 bits per heavy atom. The van der Waals surface area contributed by atoms with Gasteiger partial charge in [0.1, 0.15) is 5.01 Å². The molecule has 1 rings (SSSR count). The number of nitrogens with zero attached hydrogens (tertiary/aromatic N) is 1. The second-order valence-electron chi connectivity index (χ2n) is 4.23. The lowest BCUT2D eigenvalue weighted by Gasteiger charge is -2.29. The van der Waals surface area contributed by atoms with Gasteiger partial charge in [0.15, 0.2) is 0 Å². The van der Waals surface area contributed by atoms with Gasteiger partial charge in [-0.05, 0) is 12.0 Å². The van der Waals surface area contributed by atoms with Crippen molar-refractivity contribution < 1.29 is 0 Å². The maximum Gasteiger partial charge on any atom is 0.110 e. The van der Waals surface area contributed by atoms with E-state index < -0.39 is 0 Å². The summed E-state index contributed by atoms with van der Waals surface area (Å²) in [6.07, 6.45) is 1.87. The van der Waals surface area contributed by atoms with Crippen LogP contribution in [0.4, 0.5) is 0 Å². The van der Waals surface area contributed by atoms with Gasteiger partial charge in [0.2, 0.25) is 0 Å². The zero-order chi connectivity index (χ0) is 9.90. The third-order valence-corrected chi connectivity index (χ3v) is 2.81. The molecule has 1 unspecified atom stereocenters. The van der Waals surface area contributed by atoms with Crippen molar-refractivity contribution in [3.05, 3.63) is 16.6 Å². The van der Waals surface area contributed by atoms with Crippen LogP contribution in [0.2, 0.25) is 0 Å². The summed E-state index contributed by atoms with van der Waals surface area (Å²) < 4.78 is 0. The van der Waals surface area contributed by atoms with Crippen LogP contribution in [-0.2, 0) is 0 Å². The molecule has 1 N–H and O–H groups in total. The summed E-state index contributed by atoms with van der Waals surface area (Å²) >= 11 is 1.72. The molecule has 3 heteroatoms. The molecule has 0 saturated heterocycles.